The lowest BCUT2D eigenvalue weighted by atomic mass is 10.0. The predicted octanol–water partition coefficient (Wildman–Crippen LogP) is -0.622. The Labute approximate surface area is 126 Å². The highest BCUT2D eigenvalue weighted by Gasteiger charge is 2.40. The van der Waals surface area contributed by atoms with Crippen molar-refractivity contribution in [3.63, 3.8) is 0 Å². The first-order valence-electron chi connectivity index (χ1n) is 8.17. The van der Waals surface area contributed by atoms with Crippen molar-refractivity contribution in [2.75, 3.05) is 65.6 Å². The Hall–Kier alpha value is -0.690. The quantitative estimate of drug-likeness (QED) is 0.749. The van der Waals surface area contributed by atoms with E-state index in [2.05, 4.69) is 9.80 Å². The van der Waals surface area contributed by atoms with Crippen molar-refractivity contribution in [2.45, 2.75) is 24.9 Å². The maximum absolute atomic E-state index is 12.4. The highest BCUT2D eigenvalue weighted by molar-refractivity contribution is 5.78. The summed E-state index contributed by atoms with van der Waals surface area (Å²) >= 11 is 0. The Bertz CT molecular complexity index is 367. The van der Waals surface area contributed by atoms with Crippen molar-refractivity contribution in [1.29, 1.82) is 0 Å². The Morgan fingerprint density at radius 3 is 2.48 bits per heavy atom. The zero-order valence-corrected chi connectivity index (χ0v) is 12.8. The lowest BCUT2D eigenvalue weighted by molar-refractivity contribution is -0.133. The highest BCUT2D eigenvalue weighted by Crippen LogP contribution is 2.24. The average Bonchev–Trinajstić information content (AvgIpc) is 3.10. The van der Waals surface area contributed by atoms with Crippen LogP contribution in [0.3, 0.4) is 0 Å². The van der Waals surface area contributed by atoms with Crippen LogP contribution in [0.4, 0.5) is 0 Å². The van der Waals surface area contributed by atoms with Crippen LogP contribution in [0, 0.1) is 0 Å². The molecule has 6 nitrogen and oxygen atoms in total. The van der Waals surface area contributed by atoms with E-state index < -0.39 is 5.60 Å². The third-order valence-electron chi connectivity index (χ3n) is 4.86. The highest BCUT2D eigenvalue weighted by atomic mass is 16.5. The molecular weight excluding hydrogens is 270 g/mol. The minimum Gasteiger partial charge on any atom is -0.387 e. The topological polar surface area (TPSA) is 56.3 Å². The number of carbonyl (C=O) groups is 1. The van der Waals surface area contributed by atoms with Gasteiger partial charge in [0.15, 0.2) is 0 Å². The molecule has 6 heteroatoms. The van der Waals surface area contributed by atoms with Crippen LogP contribution < -0.4 is 0 Å². The van der Waals surface area contributed by atoms with Crippen molar-refractivity contribution in [3.8, 4) is 0 Å². The van der Waals surface area contributed by atoms with Crippen molar-refractivity contribution in [3.05, 3.63) is 0 Å². The maximum Gasteiger partial charge on any atom is 0.236 e. The first-order chi connectivity index (χ1) is 10.1. The van der Waals surface area contributed by atoms with Gasteiger partial charge >= 0.3 is 0 Å². The number of amides is 1. The summed E-state index contributed by atoms with van der Waals surface area (Å²) in [5, 5.41) is 10.7. The van der Waals surface area contributed by atoms with Crippen LogP contribution in [0.1, 0.15) is 19.3 Å². The fourth-order valence-electron chi connectivity index (χ4n) is 3.61. The molecular formula is C15H27N3O3. The van der Waals surface area contributed by atoms with Crippen molar-refractivity contribution < 1.29 is 14.6 Å². The molecule has 3 fully saturated rings. The molecule has 0 aliphatic carbocycles. The van der Waals surface area contributed by atoms with Gasteiger partial charge in [0.05, 0.1) is 31.9 Å². The molecule has 21 heavy (non-hydrogen) atoms. The van der Waals surface area contributed by atoms with Gasteiger partial charge in [0.2, 0.25) is 5.91 Å². The van der Waals surface area contributed by atoms with E-state index in [9.17, 15) is 9.90 Å². The second kappa shape index (κ2) is 6.60. The number of rotatable bonds is 4. The van der Waals surface area contributed by atoms with E-state index in [4.69, 9.17) is 4.74 Å². The number of likely N-dealkylation sites (tertiary alicyclic amines) is 2. The third kappa shape index (κ3) is 3.94. The number of ether oxygens (including phenoxy) is 1. The van der Waals surface area contributed by atoms with Gasteiger partial charge in [-0.05, 0) is 32.4 Å². The van der Waals surface area contributed by atoms with Gasteiger partial charge in [-0.2, -0.15) is 0 Å². The zero-order valence-electron chi connectivity index (χ0n) is 12.8. The molecule has 0 aromatic heterocycles. The molecule has 3 aliphatic heterocycles. The number of nitrogens with zero attached hydrogens (tertiary/aromatic N) is 3. The Morgan fingerprint density at radius 1 is 1.05 bits per heavy atom. The summed E-state index contributed by atoms with van der Waals surface area (Å²) in [6, 6.07) is 0. The zero-order chi connectivity index (χ0) is 14.7. The molecule has 0 spiro atoms. The SMILES string of the molecule is O=C(CN1CCOCC1)N1CCC(O)(CN2CCCC2)C1. The molecule has 3 rings (SSSR count). The van der Waals surface area contributed by atoms with Gasteiger partial charge < -0.3 is 19.6 Å². The van der Waals surface area contributed by atoms with E-state index in [1.54, 1.807) is 0 Å². The standard InChI is InChI=1S/C15H27N3O3/c19-14(11-16-7-9-21-10-8-16)18-6-3-15(20,13-18)12-17-4-1-2-5-17/h20H,1-13H2. The number of hydrogen-bond acceptors (Lipinski definition) is 5. The van der Waals surface area contributed by atoms with E-state index in [1.165, 1.54) is 12.8 Å². The molecule has 1 unspecified atom stereocenters. The summed E-state index contributed by atoms with van der Waals surface area (Å²) in [7, 11) is 0. The van der Waals surface area contributed by atoms with Crippen LogP contribution in [0.5, 0.6) is 0 Å². The normalized spacial score (nSPS) is 32.0. The number of aliphatic hydroxyl groups is 1. The lowest BCUT2D eigenvalue weighted by Gasteiger charge is -2.30. The first-order valence-corrected chi connectivity index (χ1v) is 8.17. The summed E-state index contributed by atoms with van der Waals surface area (Å²) in [5.74, 6) is 0.147. The Kier molecular flexibility index (Phi) is 4.78. The van der Waals surface area contributed by atoms with Gasteiger partial charge in [-0.25, -0.2) is 0 Å². The largest absolute Gasteiger partial charge is 0.387 e. The minimum atomic E-state index is -0.703. The van der Waals surface area contributed by atoms with Crippen LogP contribution >= 0.6 is 0 Å². The number of β-amino-alcohol motifs (C(OH)–C–C–N with tert-alkyl or cyclic N) is 1. The molecule has 0 radical (unpaired) electrons. The van der Waals surface area contributed by atoms with Crippen LogP contribution in [-0.2, 0) is 9.53 Å². The van der Waals surface area contributed by atoms with Crippen molar-refractivity contribution >= 4 is 5.91 Å². The van der Waals surface area contributed by atoms with E-state index in [0.717, 1.165) is 26.2 Å². The monoisotopic (exact) mass is 297 g/mol. The molecule has 0 bridgehead atoms. The summed E-state index contributed by atoms with van der Waals surface area (Å²) in [5.41, 5.74) is -0.703. The van der Waals surface area contributed by atoms with Crippen molar-refractivity contribution in [2.24, 2.45) is 0 Å². The predicted molar refractivity (Wildman–Crippen MR) is 79.1 cm³/mol. The molecule has 1 N–H and O–H groups in total. The van der Waals surface area contributed by atoms with Crippen LogP contribution in [-0.4, -0.2) is 96.9 Å². The Morgan fingerprint density at radius 2 is 1.76 bits per heavy atom. The summed E-state index contributed by atoms with van der Waals surface area (Å²) < 4.78 is 5.30. The van der Waals surface area contributed by atoms with Crippen LogP contribution in [0.2, 0.25) is 0 Å². The lowest BCUT2D eigenvalue weighted by Crippen LogP contribution is -2.47. The minimum absolute atomic E-state index is 0.147. The Balaban J connectivity index is 1.47. The molecule has 0 saturated carbocycles. The fraction of sp³-hybridized carbons (Fsp3) is 0.933. The number of morpholine rings is 1. The molecule has 0 aromatic rings. The molecule has 3 saturated heterocycles. The van der Waals surface area contributed by atoms with E-state index in [0.29, 0.717) is 45.8 Å². The smallest absolute Gasteiger partial charge is 0.236 e. The first kappa shape index (κ1) is 15.2. The number of hydrogen-bond donors (Lipinski definition) is 1. The molecule has 120 valence electrons. The second-order valence-corrected chi connectivity index (χ2v) is 6.66. The number of carbonyl (C=O) groups excluding carboxylic acids is 1. The summed E-state index contributed by atoms with van der Waals surface area (Å²) in [6.07, 6.45) is 3.17. The van der Waals surface area contributed by atoms with Crippen LogP contribution in [0.15, 0.2) is 0 Å². The average molecular weight is 297 g/mol. The molecule has 3 aliphatic rings. The van der Waals surface area contributed by atoms with Gasteiger partial charge in [-0.15, -0.1) is 0 Å². The molecule has 1 amide bonds. The maximum atomic E-state index is 12.4. The van der Waals surface area contributed by atoms with Gasteiger partial charge in [-0.1, -0.05) is 0 Å². The van der Waals surface area contributed by atoms with Gasteiger partial charge in [0, 0.05) is 26.2 Å². The molecule has 1 atom stereocenters. The van der Waals surface area contributed by atoms with Gasteiger partial charge in [0.1, 0.15) is 0 Å². The second-order valence-electron chi connectivity index (χ2n) is 6.66. The summed E-state index contributed by atoms with van der Waals surface area (Å²) in [4.78, 5) is 18.7. The fourth-order valence-corrected chi connectivity index (χ4v) is 3.61. The van der Waals surface area contributed by atoms with E-state index in [1.807, 2.05) is 4.90 Å². The summed E-state index contributed by atoms with van der Waals surface area (Å²) in [6.45, 7) is 7.62. The van der Waals surface area contributed by atoms with Crippen molar-refractivity contribution in [1.82, 2.24) is 14.7 Å². The van der Waals surface area contributed by atoms with Gasteiger partial charge in [-0.3, -0.25) is 9.69 Å². The van der Waals surface area contributed by atoms with Crippen LogP contribution in [0.25, 0.3) is 0 Å². The van der Waals surface area contributed by atoms with E-state index in [-0.39, 0.29) is 5.91 Å². The van der Waals surface area contributed by atoms with Gasteiger partial charge in [0.25, 0.3) is 0 Å². The van der Waals surface area contributed by atoms with E-state index >= 15 is 0 Å². The third-order valence-corrected chi connectivity index (χ3v) is 4.86. The molecule has 3 heterocycles. The molecule has 0 aromatic carbocycles.